The van der Waals surface area contributed by atoms with Crippen molar-refractivity contribution in [1.29, 1.82) is 0 Å². The maximum Gasteiger partial charge on any atom is 0.322 e. The van der Waals surface area contributed by atoms with Gasteiger partial charge >= 0.3 is 6.03 Å². The Kier molecular flexibility index (Phi) is 6.33. The Balaban J connectivity index is 1.56. The molecule has 1 aliphatic heterocycles. The van der Waals surface area contributed by atoms with Crippen molar-refractivity contribution >= 4 is 23.2 Å². The normalized spacial score (nSPS) is 15.9. The Hall–Kier alpha value is -3.97. The van der Waals surface area contributed by atoms with E-state index in [0.29, 0.717) is 46.2 Å². The number of carbonyl (C=O) groups excluding carboxylic acids is 1. The van der Waals surface area contributed by atoms with Crippen molar-refractivity contribution in [2.75, 3.05) is 6.54 Å². The van der Waals surface area contributed by atoms with E-state index < -0.39 is 11.9 Å². The Morgan fingerprint density at radius 2 is 1.86 bits per heavy atom. The van der Waals surface area contributed by atoms with Crippen molar-refractivity contribution in [2.45, 2.75) is 19.4 Å². The zero-order valence-corrected chi connectivity index (χ0v) is 19.7. The minimum absolute atomic E-state index is 0.247. The average molecular weight is 489 g/mol. The molecule has 0 bridgehead atoms. The maximum absolute atomic E-state index is 14.1. The molecule has 6 nitrogen and oxygen atoms in total. The molecule has 0 saturated carbocycles. The van der Waals surface area contributed by atoms with Crippen LogP contribution in [0.5, 0.6) is 0 Å². The van der Waals surface area contributed by atoms with Crippen LogP contribution in [0.25, 0.3) is 17.0 Å². The second-order valence-corrected chi connectivity index (χ2v) is 8.69. The van der Waals surface area contributed by atoms with E-state index >= 15 is 0 Å². The van der Waals surface area contributed by atoms with Crippen LogP contribution in [0.2, 0.25) is 5.02 Å². The van der Waals surface area contributed by atoms with Crippen molar-refractivity contribution in [3.8, 4) is 11.4 Å². The molecule has 2 amide bonds. The van der Waals surface area contributed by atoms with Crippen molar-refractivity contribution in [3.63, 3.8) is 0 Å². The van der Waals surface area contributed by atoms with Gasteiger partial charge in [-0.05, 0) is 48.7 Å². The van der Waals surface area contributed by atoms with Crippen LogP contribution in [0.15, 0.2) is 89.1 Å². The van der Waals surface area contributed by atoms with Gasteiger partial charge in [-0.1, -0.05) is 71.4 Å². The molecular weight excluding hydrogens is 467 g/mol. The molecule has 1 aromatic heterocycles. The van der Waals surface area contributed by atoms with Gasteiger partial charge in [0.2, 0.25) is 5.82 Å². The molecule has 3 aromatic carbocycles. The standard InChI is InChI=1S/C27H22ClFN4O2/c1-17-23(26-31-25(32-35-26)20-10-5-11-21(28)15-20)24(19-9-6-12-22(29)16-19)30-27(34)33(17)14-13-18-7-3-2-4-8-18/h2-12,15-16,24H,13-14H2,1H3,(H,30,34). The van der Waals surface area contributed by atoms with E-state index in [1.807, 2.05) is 43.3 Å². The highest BCUT2D eigenvalue weighted by Gasteiger charge is 2.35. The number of halogens is 2. The van der Waals surface area contributed by atoms with E-state index in [1.165, 1.54) is 12.1 Å². The van der Waals surface area contributed by atoms with Crippen LogP contribution >= 0.6 is 11.6 Å². The molecule has 1 aliphatic rings. The summed E-state index contributed by atoms with van der Waals surface area (Å²) >= 11 is 6.13. The van der Waals surface area contributed by atoms with Crippen LogP contribution in [0.1, 0.15) is 30.0 Å². The van der Waals surface area contributed by atoms with Gasteiger partial charge in [0.05, 0.1) is 11.6 Å². The van der Waals surface area contributed by atoms with Gasteiger partial charge in [-0.3, -0.25) is 4.90 Å². The Morgan fingerprint density at radius 3 is 2.63 bits per heavy atom. The first-order valence-electron chi connectivity index (χ1n) is 11.2. The van der Waals surface area contributed by atoms with E-state index in [2.05, 4.69) is 15.5 Å². The molecule has 0 aliphatic carbocycles. The summed E-state index contributed by atoms with van der Waals surface area (Å²) in [4.78, 5) is 19.4. The Morgan fingerprint density at radius 1 is 1.06 bits per heavy atom. The van der Waals surface area contributed by atoms with E-state index in [9.17, 15) is 9.18 Å². The number of carbonyl (C=O) groups is 1. The summed E-state index contributed by atoms with van der Waals surface area (Å²) in [6.07, 6.45) is 0.668. The minimum atomic E-state index is -0.654. The highest BCUT2D eigenvalue weighted by Crippen LogP contribution is 2.37. The van der Waals surface area contributed by atoms with Crippen LogP contribution in [0.4, 0.5) is 9.18 Å². The Labute approximate surface area is 207 Å². The third-order valence-corrected chi connectivity index (χ3v) is 6.22. The van der Waals surface area contributed by atoms with Crippen molar-refractivity contribution in [3.05, 3.63) is 112 Å². The molecule has 2 heterocycles. The topological polar surface area (TPSA) is 71.3 Å². The fraction of sp³-hybridized carbons (Fsp3) is 0.148. The van der Waals surface area contributed by atoms with Crippen LogP contribution < -0.4 is 5.32 Å². The molecule has 0 fully saturated rings. The molecule has 0 saturated heterocycles. The highest BCUT2D eigenvalue weighted by atomic mass is 35.5. The summed E-state index contributed by atoms with van der Waals surface area (Å²) < 4.78 is 19.8. The quantitative estimate of drug-likeness (QED) is 0.347. The molecule has 0 radical (unpaired) electrons. The number of hydrogen-bond acceptors (Lipinski definition) is 4. The second-order valence-electron chi connectivity index (χ2n) is 8.26. The van der Waals surface area contributed by atoms with Gasteiger partial charge in [-0.25, -0.2) is 9.18 Å². The molecule has 176 valence electrons. The van der Waals surface area contributed by atoms with Crippen LogP contribution in [-0.2, 0) is 6.42 Å². The van der Waals surface area contributed by atoms with Crippen molar-refractivity contribution < 1.29 is 13.7 Å². The number of rotatable bonds is 6. The largest absolute Gasteiger partial charge is 0.334 e. The molecule has 35 heavy (non-hydrogen) atoms. The van der Waals surface area contributed by atoms with Gasteiger partial charge in [0.1, 0.15) is 5.82 Å². The summed E-state index contributed by atoms with van der Waals surface area (Å²) in [5.74, 6) is 0.218. The third-order valence-electron chi connectivity index (χ3n) is 5.98. The Bertz CT molecular complexity index is 1400. The summed E-state index contributed by atoms with van der Waals surface area (Å²) in [5, 5.41) is 7.69. The zero-order valence-electron chi connectivity index (χ0n) is 18.9. The average Bonchev–Trinajstić information content (AvgIpc) is 3.34. The first-order chi connectivity index (χ1) is 17.0. The number of hydrogen-bond donors (Lipinski definition) is 1. The lowest BCUT2D eigenvalue weighted by molar-refractivity contribution is 0.205. The molecule has 1 atom stereocenters. The molecular formula is C27H22ClFN4O2. The molecule has 1 unspecified atom stereocenters. The molecule has 8 heteroatoms. The first kappa shape index (κ1) is 22.8. The minimum Gasteiger partial charge on any atom is -0.334 e. The molecule has 5 rings (SSSR count). The molecule has 4 aromatic rings. The molecule has 1 N–H and O–H groups in total. The number of aromatic nitrogens is 2. The smallest absolute Gasteiger partial charge is 0.322 e. The van der Waals surface area contributed by atoms with Crippen molar-refractivity contribution in [2.24, 2.45) is 0 Å². The number of nitrogens with one attached hydrogen (secondary N) is 1. The summed E-state index contributed by atoms with van der Waals surface area (Å²) in [6, 6.07) is 22.3. The number of amides is 2. The van der Waals surface area contributed by atoms with E-state index in [1.54, 1.807) is 35.2 Å². The third kappa shape index (κ3) is 4.81. The monoisotopic (exact) mass is 488 g/mol. The van der Waals surface area contributed by atoms with Crippen LogP contribution in [-0.4, -0.2) is 27.6 Å². The lowest BCUT2D eigenvalue weighted by atomic mass is 9.94. The van der Waals surface area contributed by atoms with Gasteiger partial charge in [0, 0.05) is 22.8 Å². The van der Waals surface area contributed by atoms with Gasteiger partial charge < -0.3 is 9.84 Å². The van der Waals surface area contributed by atoms with Crippen LogP contribution in [0, 0.1) is 5.82 Å². The van der Waals surface area contributed by atoms with Gasteiger partial charge in [-0.15, -0.1) is 0 Å². The van der Waals surface area contributed by atoms with Crippen LogP contribution in [0.3, 0.4) is 0 Å². The van der Waals surface area contributed by atoms with E-state index in [-0.39, 0.29) is 11.9 Å². The predicted molar refractivity (Wildman–Crippen MR) is 132 cm³/mol. The summed E-state index contributed by atoms with van der Waals surface area (Å²) in [6.45, 7) is 2.30. The molecule has 0 spiro atoms. The SMILES string of the molecule is CC1=C(c2nc(-c3cccc(Cl)c3)no2)C(c2cccc(F)c2)NC(=O)N1CCc1ccccc1. The van der Waals surface area contributed by atoms with Gasteiger partial charge in [0.15, 0.2) is 0 Å². The zero-order chi connectivity index (χ0) is 24.4. The van der Waals surface area contributed by atoms with Gasteiger partial charge in [-0.2, -0.15) is 4.98 Å². The summed E-state index contributed by atoms with van der Waals surface area (Å²) in [5.41, 5.74) is 3.68. The lowest BCUT2D eigenvalue weighted by Gasteiger charge is -2.35. The first-order valence-corrected chi connectivity index (χ1v) is 11.6. The predicted octanol–water partition coefficient (Wildman–Crippen LogP) is 6.27. The number of urea groups is 1. The highest BCUT2D eigenvalue weighted by molar-refractivity contribution is 6.30. The van der Waals surface area contributed by atoms with E-state index in [0.717, 1.165) is 5.56 Å². The maximum atomic E-state index is 14.1. The fourth-order valence-electron chi connectivity index (χ4n) is 4.23. The number of nitrogens with zero attached hydrogens (tertiary/aromatic N) is 3. The lowest BCUT2D eigenvalue weighted by Crippen LogP contribution is -2.46. The van der Waals surface area contributed by atoms with Gasteiger partial charge in [0.25, 0.3) is 5.89 Å². The second kappa shape index (κ2) is 9.72. The van der Waals surface area contributed by atoms with Crippen molar-refractivity contribution in [1.82, 2.24) is 20.4 Å². The summed E-state index contributed by atoms with van der Waals surface area (Å²) in [7, 11) is 0. The fourth-order valence-corrected chi connectivity index (χ4v) is 4.42. The van der Waals surface area contributed by atoms with E-state index in [4.69, 9.17) is 16.1 Å². The number of benzene rings is 3. The number of allylic oxidation sites excluding steroid dienone is 1.